The van der Waals surface area contributed by atoms with E-state index in [-0.39, 0.29) is 17.5 Å². The molecule has 30 heavy (non-hydrogen) atoms. The highest BCUT2D eigenvalue weighted by Crippen LogP contribution is 2.43. The van der Waals surface area contributed by atoms with E-state index < -0.39 is 11.2 Å². The van der Waals surface area contributed by atoms with E-state index in [1.807, 2.05) is 13.0 Å². The van der Waals surface area contributed by atoms with Gasteiger partial charge < -0.3 is 24.7 Å². The van der Waals surface area contributed by atoms with Gasteiger partial charge in [0, 0.05) is 18.5 Å². The molecule has 0 aliphatic carbocycles. The number of hydrazone groups is 1. The second-order valence-corrected chi connectivity index (χ2v) is 6.83. The molecule has 1 aliphatic heterocycles. The van der Waals surface area contributed by atoms with E-state index in [9.17, 15) is 14.7 Å². The molecule has 3 N–H and O–H groups in total. The van der Waals surface area contributed by atoms with Crippen LogP contribution in [0.3, 0.4) is 0 Å². The molecule has 1 aromatic heterocycles. The number of nitrogens with one attached hydrogen (secondary N) is 2. The Balaban J connectivity index is 1.97. The SMILES string of the molecule is CCCCn1c(O)c(C2=NN[C@H](c3ccc(OC)c(OC)c3OC)C2)c(=O)[nH]c1=O. The fourth-order valence-electron chi connectivity index (χ4n) is 3.52. The van der Waals surface area contributed by atoms with E-state index in [4.69, 9.17) is 14.2 Å². The number of hydrogen-bond donors (Lipinski definition) is 3. The normalized spacial score (nSPS) is 15.5. The smallest absolute Gasteiger partial charge is 0.331 e. The highest BCUT2D eigenvalue weighted by atomic mass is 16.5. The Bertz CT molecular complexity index is 1070. The lowest BCUT2D eigenvalue weighted by Gasteiger charge is -2.19. The van der Waals surface area contributed by atoms with Crippen molar-refractivity contribution in [3.8, 4) is 23.1 Å². The molecule has 1 aromatic carbocycles. The molecule has 0 saturated heterocycles. The van der Waals surface area contributed by atoms with Gasteiger partial charge in [-0.1, -0.05) is 13.3 Å². The number of ether oxygens (including phenoxy) is 3. The Kier molecular flexibility index (Phi) is 6.34. The van der Waals surface area contributed by atoms with Gasteiger partial charge in [-0.05, 0) is 18.6 Å². The molecule has 162 valence electrons. The summed E-state index contributed by atoms with van der Waals surface area (Å²) < 4.78 is 17.4. The highest BCUT2D eigenvalue weighted by Gasteiger charge is 2.30. The van der Waals surface area contributed by atoms with Gasteiger partial charge in [0.05, 0.1) is 33.1 Å². The van der Waals surface area contributed by atoms with Gasteiger partial charge in [-0.15, -0.1) is 0 Å². The van der Waals surface area contributed by atoms with Gasteiger partial charge in [0.25, 0.3) is 5.56 Å². The molecule has 0 saturated carbocycles. The van der Waals surface area contributed by atoms with Gasteiger partial charge in [0.15, 0.2) is 11.5 Å². The van der Waals surface area contributed by atoms with Crippen molar-refractivity contribution in [2.75, 3.05) is 21.3 Å². The second-order valence-electron chi connectivity index (χ2n) is 6.83. The van der Waals surface area contributed by atoms with Crippen LogP contribution in [0, 0.1) is 0 Å². The van der Waals surface area contributed by atoms with Gasteiger partial charge in [0.1, 0.15) is 5.56 Å². The first-order valence-corrected chi connectivity index (χ1v) is 9.64. The van der Waals surface area contributed by atoms with Crippen LogP contribution in [-0.2, 0) is 6.54 Å². The minimum absolute atomic E-state index is 0.0138. The zero-order chi connectivity index (χ0) is 21.8. The number of H-pyrrole nitrogens is 1. The third-order valence-electron chi connectivity index (χ3n) is 5.06. The third-order valence-corrected chi connectivity index (χ3v) is 5.06. The van der Waals surface area contributed by atoms with Crippen LogP contribution >= 0.6 is 0 Å². The summed E-state index contributed by atoms with van der Waals surface area (Å²) in [4.78, 5) is 26.8. The number of methoxy groups -OCH3 is 3. The number of aromatic hydroxyl groups is 1. The Morgan fingerprint density at radius 2 is 1.90 bits per heavy atom. The maximum Gasteiger partial charge on any atom is 0.331 e. The average Bonchev–Trinajstić information content (AvgIpc) is 3.21. The first kappa shape index (κ1) is 21.3. The second kappa shape index (κ2) is 8.93. The van der Waals surface area contributed by atoms with Gasteiger partial charge in [-0.25, -0.2) is 4.79 Å². The molecule has 2 aromatic rings. The lowest BCUT2D eigenvalue weighted by atomic mass is 9.98. The van der Waals surface area contributed by atoms with Crippen molar-refractivity contribution in [3.05, 3.63) is 44.1 Å². The summed E-state index contributed by atoms with van der Waals surface area (Å²) in [6.07, 6.45) is 1.83. The zero-order valence-electron chi connectivity index (χ0n) is 17.4. The summed E-state index contributed by atoms with van der Waals surface area (Å²) >= 11 is 0. The Morgan fingerprint density at radius 3 is 2.53 bits per heavy atom. The van der Waals surface area contributed by atoms with Crippen LogP contribution in [0.5, 0.6) is 23.1 Å². The lowest BCUT2D eigenvalue weighted by molar-refractivity contribution is 0.320. The summed E-state index contributed by atoms with van der Waals surface area (Å²) in [6, 6.07) is 3.25. The monoisotopic (exact) mass is 418 g/mol. The average molecular weight is 418 g/mol. The minimum atomic E-state index is -0.675. The summed E-state index contributed by atoms with van der Waals surface area (Å²) in [7, 11) is 4.58. The molecular weight excluding hydrogens is 392 g/mol. The van der Waals surface area contributed by atoms with E-state index in [1.54, 1.807) is 6.07 Å². The number of hydrogen-bond acceptors (Lipinski definition) is 8. The Labute approximate surface area is 173 Å². The number of aromatic amines is 1. The van der Waals surface area contributed by atoms with E-state index in [0.29, 0.717) is 42.3 Å². The first-order chi connectivity index (χ1) is 14.5. The molecular formula is C20H26N4O6. The number of unbranched alkanes of at least 4 members (excludes halogenated alkanes) is 1. The molecule has 0 fully saturated rings. The molecule has 1 atom stereocenters. The molecule has 0 unspecified atom stereocenters. The molecule has 0 radical (unpaired) electrons. The summed E-state index contributed by atoms with van der Waals surface area (Å²) in [5, 5.41) is 14.9. The maximum atomic E-state index is 12.4. The zero-order valence-corrected chi connectivity index (χ0v) is 17.4. The molecule has 2 heterocycles. The molecule has 10 nitrogen and oxygen atoms in total. The topological polar surface area (TPSA) is 127 Å². The van der Waals surface area contributed by atoms with Crippen molar-refractivity contribution in [2.45, 2.75) is 38.8 Å². The van der Waals surface area contributed by atoms with Crippen molar-refractivity contribution in [3.63, 3.8) is 0 Å². The summed E-state index contributed by atoms with van der Waals surface area (Å²) in [5.74, 6) is 1.07. The molecule has 0 spiro atoms. The summed E-state index contributed by atoms with van der Waals surface area (Å²) in [6.45, 7) is 2.28. The quantitative estimate of drug-likeness (QED) is 0.593. The van der Waals surface area contributed by atoms with E-state index in [2.05, 4.69) is 15.5 Å². The van der Waals surface area contributed by atoms with Crippen LogP contribution in [0.4, 0.5) is 0 Å². The number of aromatic nitrogens is 2. The predicted molar refractivity (Wildman–Crippen MR) is 111 cm³/mol. The van der Waals surface area contributed by atoms with Gasteiger partial charge >= 0.3 is 5.69 Å². The van der Waals surface area contributed by atoms with Gasteiger partial charge in [0.2, 0.25) is 11.6 Å². The fourth-order valence-corrected chi connectivity index (χ4v) is 3.52. The van der Waals surface area contributed by atoms with Crippen LogP contribution in [-0.4, -0.2) is 41.7 Å². The fraction of sp³-hybridized carbons (Fsp3) is 0.450. The van der Waals surface area contributed by atoms with Gasteiger partial charge in [-0.2, -0.15) is 5.10 Å². The predicted octanol–water partition coefficient (Wildman–Crippen LogP) is 1.51. The van der Waals surface area contributed by atoms with Crippen molar-refractivity contribution >= 4 is 5.71 Å². The van der Waals surface area contributed by atoms with Crippen LogP contribution in [0.15, 0.2) is 26.8 Å². The molecule has 3 rings (SSSR count). The van der Waals surface area contributed by atoms with Crippen molar-refractivity contribution in [1.82, 2.24) is 15.0 Å². The lowest BCUT2D eigenvalue weighted by Crippen LogP contribution is -2.33. The molecule has 1 aliphatic rings. The van der Waals surface area contributed by atoms with Gasteiger partial charge in [-0.3, -0.25) is 14.3 Å². The standard InChI is InChI=1S/C20H26N4O6/c1-5-6-9-24-19(26)15(18(25)21-20(24)27)13-10-12(22-23-13)11-7-8-14(28-2)17(30-4)16(11)29-3/h7-8,12,22,26H,5-6,9-10H2,1-4H3,(H,21,25,27)/t12-/m0/s1. The summed E-state index contributed by atoms with van der Waals surface area (Å²) in [5.41, 5.74) is 2.75. The minimum Gasteiger partial charge on any atom is -0.494 e. The van der Waals surface area contributed by atoms with Crippen molar-refractivity contribution in [2.24, 2.45) is 5.10 Å². The third kappa shape index (κ3) is 3.72. The van der Waals surface area contributed by atoms with Crippen LogP contribution in [0.2, 0.25) is 0 Å². The number of nitrogens with zero attached hydrogens (tertiary/aromatic N) is 2. The van der Waals surface area contributed by atoms with Crippen LogP contribution in [0.25, 0.3) is 0 Å². The maximum absolute atomic E-state index is 12.4. The van der Waals surface area contributed by atoms with Crippen LogP contribution in [0.1, 0.15) is 43.4 Å². The van der Waals surface area contributed by atoms with Crippen molar-refractivity contribution in [1.29, 1.82) is 0 Å². The van der Waals surface area contributed by atoms with E-state index in [1.165, 1.54) is 21.3 Å². The van der Waals surface area contributed by atoms with Crippen LogP contribution < -0.4 is 30.9 Å². The molecule has 0 amide bonds. The molecule has 0 bridgehead atoms. The van der Waals surface area contributed by atoms with E-state index in [0.717, 1.165) is 16.6 Å². The Hall–Kier alpha value is -3.43. The first-order valence-electron chi connectivity index (χ1n) is 9.64. The van der Waals surface area contributed by atoms with E-state index >= 15 is 0 Å². The highest BCUT2D eigenvalue weighted by molar-refractivity contribution is 6.03. The van der Waals surface area contributed by atoms with Crippen molar-refractivity contribution < 1.29 is 19.3 Å². The number of rotatable bonds is 8. The number of benzene rings is 1. The Morgan fingerprint density at radius 1 is 1.17 bits per heavy atom. The molecule has 10 heteroatoms. The largest absolute Gasteiger partial charge is 0.494 e.